The van der Waals surface area contributed by atoms with Gasteiger partial charge < -0.3 is 4.57 Å². The zero-order valence-corrected chi connectivity index (χ0v) is 20.1. The van der Waals surface area contributed by atoms with E-state index in [0.29, 0.717) is 0 Å². The van der Waals surface area contributed by atoms with Gasteiger partial charge in [0.05, 0.1) is 0 Å². The molecule has 0 atom stereocenters. The molecule has 0 aliphatic heterocycles. The van der Waals surface area contributed by atoms with Crippen LogP contribution >= 0.6 is 7.14 Å². The topological polar surface area (TPSA) is 17.1 Å². The fraction of sp³-hybridized carbons (Fsp3) is 0.0968. The van der Waals surface area contributed by atoms with Crippen molar-refractivity contribution >= 4 is 33.8 Å². The van der Waals surface area contributed by atoms with Crippen LogP contribution in [0.2, 0.25) is 0 Å². The maximum atomic E-state index is 15.4. The van der Waals surface area contributed by atoms with E-state index in [1.54, 1.807) is 0 Å². The molecule has 5 aromatic carbocycles. The van der Waals surface area contributed by atoms with Crippen LogP contribution < -0.4 is 15.9 Å². The van der Waals surface area contributed by atoms with Crippen LogP contribution in [0.25, 0.3) is 21.9 Å². The summed E-state index contributed by atoms with van der Waals surface area (Å²) in [6.45, 7) is 6.39. The number of hydrogen-bond acceptors (Lipinski definition) is 1. The lowest BCUT2D eigenvalue weighted by atomic mass is 9.90. The molecular weight excluding hydrogens is 419 g/mol. The van der Waals surface area contributed by atoms with E-state index in [4.69, 9.17) is 0 Å². The molecule has 0 aliphatic carbocycles. The fourth-order valence-corrected chi connectivity index (χ4v) is 7.96. The third kappa shape index (κ3) is 3.63. The number of fused-ring (bicyclic) bond motifs is 1. The van der Waals surface area contributed by atoms with Crippen LogP contribution in [-0.2, 0) is 4.57 Å². The Morgan fingerprint density at radius 3 is 1.76 bits per heavy atom. The fourth-order valence-electron chi connectivity index (χ4n) is 4.93. The molecule has 5 rings (SSSR count). The van der Waals surface area contributed by atoms with E-state index in [0.717, 1.165) is 32.6 Å². The SMILES string of the molecule is Cc1cc(C)c(-c2c(C)ccc3ccccc23)c(P(=O)(c2ccccc2)c2ccccc2)c1. The summed E-state index contributed by atoms with van der Waals surface area (Å²) in [5, 5.41) is 5.02. The summed E-state index contributed by atoms with van der Waals surface area (Å²) in [6.07, 6.45) is 0. The maximum Gasteiger partial charge on any atom is 0.171 e. The normalized spacial score (nSPS) is 11.6. The Bertz CT molecular complexity index is 1460. The third-order valence-corrected chi connectivity index (χ3v) is 9.51. The Morgan fingerprint density at radius 1 is 0.545 bits per heavy atom. The third-order valence-electron chi connectivity index (χ3n) is 6.43. The Kier molecular flexibility index (Phi) is 5.52. The van der Waals surface area contributed by atoms with Crippen LogP contribution in [0.1, 0.15) is 16.7 Å². The zero-order chi connectivity index (χ0) is 23.0. The average molecular weight is 447 g/mol. The largest absolute Gasteiger partial charge is 0.309 e. The van der Waals surface area contributed by atoms with Gasteiger partial charge >= 0.3 is 0 Å². The highest BCUT2D eigenvalue weighted by Crippen LogP contribution is 2.47. The predicted octanol–water partition coefficient (Wildman–Crippen LogP) is 7.07. The Labute approximate surface area is 196 Å². The monoisotopic (exact) mass is 446 g/mol. The van der Waals surface area contributed by atoms with Crippen molar-refractivity contribution in [1.82, 2.24) is 0 Å². The summed E-state index contributed by atoms with van der Waals surface area (Å²) in [4.78, 5) is 0. The van der Waals surface area contributed by atoms with E-state index in [-0.39, 0.29) is 0 Å². The molecule has 33 heavy (non-hydrogen) atoms. The molecule has 0 spiro atoms. The van der Waals surface area contributed by atoms with E-state index in [9.17, 15) is 0 Å². The van der Waals surface area contributed by atoms with Gasteiger partial charge in [-0.15, -0.1) is 0 Å². The first-order valence-electron chi connectivity index (χ1n) is 11.3. The van der Waals surface area contributed by atoms with Gasteiger partial charge in [-0.25, -0.2) is 0 Å². The second-order valence-electron chi connectivity index (χ2n) is 8.73. The Morgan fingerprint density at radius 2 is 1.12 bits per heavy atom. The lowest BCUT2D eigenvalue weighted by Crippen LogP contribution is -2.27. The van der Waals surface area contributed by atoms with Gasteiger partial charge in [-0.2, -0.15) is 0 Å². The molecule has 0 unspecified atom stereocenters. The van der Waals surface area contributed by atoms with Gasteiger partial charge in [-0.3, -0.25) is 0 Å². The smallest absolute Gasteiger partial charge is 0.171 e. The second kappa shape index (κ2) is 8.50. The molecule has 162 valence electrons. The number of benzene rings is 5. The maximum absolute atomic E-state index is 15.4. The average Bonchev–Trinajstić information content (AvgIpc) is 2.85. The number of hydrogen-bond donors (Lipinski definition) is 0. The molecule has 5 aromatic rings. The highest BCUT2D eigenvalue weighted by molar-refractivity contribution is 7.85. The molecule has 0 N–H and O–H groups in total. The van der Waals surface area contributed by atoms with Gasteiger partial charge in [0.25, 0.3) is 0 Å². The predicted molar refractivity (Wildman–Crippen MR) is 143 cm³/mol. The second-order valence-corrected chi connectivity index (χ2v) is 11.5. The van der Waals surface area contributed by atoms with Crippen LogP contribution in [0.5, 0.6) is 0 Å². The van der Waals surface area contributed by atoms with E-state index in [1.165, 1.54) is 21.9 Å². The van der Waals surface area contributed by atoms with Gasteiger partial charge in [0.2, 0.25) is 0 Å². The van der Waals surface area contributed by atoms with Crippen molar-refractivity contribution in [2.75, 3.05) is 0 Å². The van der Waals surface area contributed by atoms with Gasteiger partial charge in [-0.1, -0.05) is 109 Å². The summed E-state index contributed by atoms with van der Waals surface area (Å²) in [6, 6.07) is 37.1. The summed E-state index contributed by atoms with van der Waals surface area (Å²) in [7, 11) is -3.13. The summed E-state index contributed by atoms with van der Waals surface area (Å²) >= 11 is 0. The molecule has 0 heterocycles. The van der Waals surface area contributed by atoms with Crippen molar-refractivity contribution in [2.45, 2.75) is 20.8 Å². The minimum absolute atomic E-state index is 0.861. The van der Waals surface area contributed by atoms with Crippen LogP contribution in [-0.4, -0.2) is 0 Å². The van der Waals surface area contributed by atoms with Gasteiger partial charge in [0.1, 0.15) is 0 Å². The zero-order valence-electron chi connectivity index (χ0n) is 19.2. The first kappa shape index (κ1) is 21.4. The summed E-state index contributed by atoms with van der Waals surface area (Å²) in [5.41, 5.74) is 5.72. The molecule has 0 bridgehead atoms. The number of rotatable bonds is 4. The lowest BCUT2D eigenvalue weighted by Gasteiger charge is -2.26. The van der Waals surface area contributed by atoms with Crippen LogP contribution in [0, 0.1) is 20.8 Å². The van der Waals surface area contributed by atoms with Gasteiger partial charge in [-0.05, 0) is 59.9 Å². The molecule has 0 fully saturated rings. The standard InChI is InChI=1S/C31H27OP/c1-22-20-24(3)31(30-23(2)18-19-25-12-10-11-17-28(25)30)29(21-22)33(32,26-13-6-4-7-14-26)27-15-8-5-9-16-27/h4-21H,1-3H3. The lowest BCUT2D eigenvalue weighted by molar-refractivity contribution is 0.592. The van der Waals surface area contributed by atoms with Crippen molar-refractivity contribution in [2.24, 2.45) is 0 Å². The minimum Gasteiger partial charge on any atom is -0.309 e. The Hall–Kier alpha value is -3.41. The van der Waals surface area contributed by atoms with E-state index in [1.807, 2.05) is 60.7 Å². The first-order chi connectivity index (χ1) is 16.0. The van der Waals surface area contributed by atoms with Gasteiger partial charge in [0.15, 0.2) is 7.14 Å². The van der Waals surface area contributed by atoms with Gasteiger partial charge in [0, 0.05) is 15.9 Å². The van der Waals surface area contributed by atoms with Crippen LogP contribution in [0.15, 0.2) is 109 Å². The van der Waals surface area contributed by atoms with Crippen molar-refractivity contribution in [3.63, 3.8) is 0 Å². The van der Waals surface area contributed by atoms with Crippen LogP contribution in [0.3, 0.4) is 0 Å². The first-order valence-corrected chi connectivity index (χ1v) is 13.0. The number of aryl methyl sites for hydroxylation is 3. The highest BCUT2D eigenvalue weighted by Gasteiger charge is 2.33. The van der Waals surface area contributed by atoms with Crippen molar-refractivity contribution < 1.29 is 4.57 Å². The molecule has 2 heteroatoms. The molecule has 0 saturated carbocycles. The van der Waals surface area contributed by atoms with Crippen molar-refractivity contribution in [1.29, 1.82) is 0 Å². The molecule has 0 saturated heterocycles. The molecule has 0 aliphatic rings. The molecule has 0 aromatic heterocycles. The Balaban J connectivity index is 1.95. The molecular formula is C31H27OP. The molecule has 1 nitrogen and oxygen atoms in total. The highest BCUT2D eigenvalue weighted by atomic mass is 31.2. The summed E-state index contributed by atoms with van der Waals surface area (Å²) in [5.74, 6) is 0. The van der Waals surface area contributed by atoms with Crippen molar-refractivity contribution in [3.8, 4) is 11.1 Å². The van der Waals surface area contributed by atoms with Crippen LogP contribution in [0.4, 0.5) is 0 Å². The molecule has 0 radical (unpaired) electrons. The summed E-state index contributed by atoms with van der Waals surface area (Å²) < 4.78 is 15.4. The molecule has 0 amide bonds. The van der Waals surface area contributed by atoms with E-state index in [2.05, 4.69) is 69.3 Å². The van der Waals surface area contributed by atoms with E-state index >= 15 is 4.57 Å². The van der Waals surface area contributed by atoms with Crippen molar-refractivity contribution in [3.05, 3.63) is 126 Å². The quantitative estimate of drug-likeness (QED) is 0.270. The van der Waals surface area contributed by atoms with E-state index < -0.39 is 7.14 Å². The minimum atomic E-state index is -3.13.